The van der Waals surface area contributed by atoms with E-state index in [1.165, 1.54) is 0 Å². The lowest BCUT2D eigenvalue weighted by atomic mass is 10.3. The summed E-state index contributed by atoms with van der Waals surface area (Å²) in [5.74, 6) is -0.0306. The van der Waals surface area contributed by atoms with Crippen LogP contribution in [-0.2, 0) is 0 Å². The summed E-state index contributed by atoms with van der Waals surface area (Å²) in [6.45, 7) is 1.83. The predicted molar refractivity (Wildman–Crippen MR) is 63.3 cm³/mol. The summed E-state index contributed by atoms with van der Waals surface area (Å²) in [7, 11) is 0. The first kappa shape index (κ1) is 10.9. The molecule has 0 saturated carbocycles. The number of rotatable bonds is 2. The number of hydrogen-bond acceptors (Lipinski definition) is 3. The number of anilines is 1. The fourth-order valence-corrected chi connectivity index (χ4v) is 1.54. The quantitative estimate of drug-likeness (QED) is 0.920. The van der Waals surface area contributed by atoms with Crippen LogP contribution in [0.3, 0.4) is 0 Å². The number of amides is 1. The van der Waals surface area contributed by atoms with Gasteiger partial charge in [0.05, 0.1) is 11.4 Å². The second-order valence-corrected chi connectivity index (χ2v) is 3.98. The zero-order valence-electron chi connectivity index (χ0n) is 8.53. The number of nitrogens with zero attached hydrogens (tertiary/aromatic N) is 1. The van der Waals surface area contributed by atoms with E-state index in [0.29, 0.717) is 10.4 Å². The molecule has 2 rings (SSSR count). The van der Waals surface area contributed by atoms with E-state index in [-0.39, 0.29) is 11.7 Å². The van der Waals surface area contributed by atoms with E-state index in [9.17, 15) is 4.79 Å². The first-order chi connectivity index (χ1) is 7.66. The van der Waals surface area contributed by atoms with Gasteiger partial charge in [-0.1, -0.05) is 0 Å². The molecule has 0 radical (unpaired) electrons. The standard InChI is InChI=1S/C11H9BrN2O2/c1-7-8(3-2-6-13-7)14-11(15)9-4-5-10(12)16-9/h2-6H,1H3,(H,14,15). The molecule has 1 amide bonds. The van der Waals surface area contributed by atoms with Gasteiger partial charge in [-0.15, -0.1) is 0 Å². The molecule has 2 aromatic heterocycles. The highest BCUT2D eigenvalue weighted by Gasteiger charge is 2.11. The van der Waals surface area contributed by atoms with E-state index in [1.807, 2.05) is 6.92 Å². The number of carbonyl (C=O) groups is 1. The van der Waals surface area contributed by atoms with Crippen molar-refractivity contribution in [1.82, 2.24) is 4.98 Å². The molecule has 0 aromatic carbocycles. The SMILES string of the molecule is Cc1ncccc1NC(=O)c1ccc(Br)o1. The van der Waals surface area contributed by atoms with Crippen molar-refractivity contribution in [2.24, 2.45) is 0 Å². The molecule has 0 saturated heterocycles. The maximum Gasteiger partial charge on any atom is 0.291 e. The van der Waals surface area contributed by atoms with E-state index in [4.69, 9.17) is 4.42 Å². The zero-order chi connectivity index (χ0) is 11.5. The van der Waals surface area contributed by atoms with Crippen LogP contribution < -0.4 is 5.32 Å². The molecule has 16 heavy (non-hydrogen) atoms. The Morgan fingerprint density at radius 1 is 1.44 bits per heavy atom. The molecule has 1 N–H and O–H groups in total. The van der Waals surface area contributed by atoms with Crippen LogP contribution >= 0.6 is 15.9 Å². The van der Waals surface area contributed by atoms with E-state index in [2.05, 4.69) is 26.2 Å². The Labute approximate surface area is 101 Å². The third-order valence-electron chi connectivity index (χ3n) is 2.05. The molecule has 82 valence electrons. The van der Waals surface area contributed by atoms with Crippen LogP contribution in [0.25, 0.3) is 0 Å². The number of carbonyl (C=O) groups excluding carboxylic acids is 1. The monoisotopic (exact) mass is 280 g/mol. The van der Waals surface area contributed by atoms with Gasteiger partial charge in [0.25, 0.3) is 5.91 Å². The van der Waals surface area contributed by atoms with Crippen molar-refractivity contribution in [3.05, 3.63) is 46.6 Å². The number of aromatic nitrogens is 1. The molecule has 0 aliphatic rings. The molecule has 0 bridgehead atoms. The highest BCUT2D eigenvalue weighted by Crippen LogP contribution is 2.16. The van der Waals surface area contributed by atoms with Crippen LogP contribution in [0.5, 0.6) is 0 Å². The van der Waals surface area contributed by atoms with Gasteiger partial charge in [0.1, 0.15) is 0 Å². The van der Waals surface area contributed by atoms with Crippen molar-refractivity contribution in [2.75, 3.05) is 5.32 Å². The molecule has 0 aliphatic heterocycles. The number of furan rings is 1. The average molecular weight is 281 g/mol. The van der Waals surface area contributed by atoms with Crippen molar-refractivity contribution in [3.8, 4) is 0 Å². The van der Waals surface area contributed by atoms with E-state index < -0.39 is 0 Å². The number of hydrogen-bond donors (Lipinski definition) is 1. The van der Waals surface area contributed by atoms with E-state index in [1.54, 1.807) is 30.5 Å². The largest absolute Gasteiger partial charge is 0.444 e. The van der Waals surface area contributed by atoms with Crippen LogP contribution in [0.1, 0.15) is 16.2 Å². The topological polar surface area (TPSA) is 55.1 Å². The highest BCUT2D eigenvalue weighted by atomic mass is 79.9. The molecule has 0 fully saturated rings. The van der Waals surface area contributed by atoms with Crippen LogP contribution in [0.15, 0.2) is 39.5 Å². The van der Waals surface area contributed by atoms with Gasteiger partial charge in [0, 0.05) is 6.20 Å². The van der Waals surface area contributed by atoms with Crippen molar-refractivity contribution in [3.63, 3.8) is 0 Å². The number of aryl methyl sites for hydroxylation is 1. The number of pyridine rings is 1. The second kappa shape index (κ2) is 4.49. The lowest BCUT2D eigenvalue weighted by Crippen LogP contribution is -2.12. The molecule has 2 heterocycles. The summed E-state index contributed by atoms with van der Waals surface area (Å²) in [4.78, 5) is 15.8. The second-order valence-electron chi connectivity index (χ2n) is 3.19. The van der Waals surface area contributed by atoms with E-state index in [0.717, 1.165) is 5.69 Å². The van der Waals surface area contributed by atoms with Crippen molar-refractivity contribution < 1.29 is 9.21 Å². The van der Waals surface area contributed by atoms with Gasteiger partial charge >= 0.3 is 0 Å². The Morgan fingerprint density at radius 2 is 2.25 bits per heavy atom. The minimum Gasteiger partial charge on any atom is -0.444 e. The minimum absolute atomic E-state index is 0.259. The van der Waals surface area contributed by atoms with Crippen LogP contribution in [0.4, 0.5) is 5.69 Å². The lowest BCUT2D eigenvalue weighted by Gasteiger charge is -2.04. The Bertz CT molecular complexity index is 522. The zero-order valence-corrected chi connectivity index (χ0v) is 10.1. The molecular formula is C11H9BrN2O2. The molecule has 2 aromatic rings. The smallest absolute Gasteiger partial charge is 0.291 e. The van der Waals surface area contributed by atoms with Gasteiger partial charge in [0.15, 0.2) is 10.4 Å². The third-order valence-corrected chi connectivity index (χ3v) is 2.48. The molecular weight excluding hydrogens is 272 g/mol. The maximum absolute atomic E-state index is 11.7. The van der Waals surface area contributed by atoms with Crippen molar-refractivity contribution in [2.45, 2.75) is 6.92 Å². The summed E-state index contributed by atoms with van der Waals surface area (Å²) in [5, 5.41) is 2.72. The Balaban J connectivity index is 2.17. The third kappa shape index (κ3) is 2.30. The van der Waals surface area contributed by atoms with Gasteiger partial charge in [-0.2, -0.15) is 0 Å². The van der Waals surface area contributed by atoms with Gasteiger partial charge in [-0.25, -0.2) is 0 Å². The summed E-state index contributed by atoms with van der Waals surface area (Å²) in [6, 6.07) is 6.83. The van der Waals surface area contributed by atoms with Crippen LogP contribution in [-0.4, -0.2) is 10.9 Å². The fourth-order valence-electron chi connectivity index (χ4n) is 1.24. The average Bonchev–Trinajstić information content (AvgIpc) is 2.68. The lowest BCUT2D eigenvalue weighted by molar-refractivity contribution is 0.0995. The van der Waals surface area contributed by atoms with Crippen LogP contribution in [0.2, 0.25) is 0 Å². The summed E-state index contributed by atoms with van der Waals surface area (Å²) >= 11 is 3.14. The maximum atomic E-state index is 11.7. The Morgan fingerprint density at radius 3 is 2.88 bits per heavy atom. The number of nitrogens with one attached hydrogen (secondary N) is 1. The molecule has 0 aliphatic carbocycles. The molecule has 0 atom stereocenters. The molecule has 4 nitrogen and oxygen atoms in total. The Kier molecular flexibility index (Phi) is 3.05. The summed E-state index contributed by atoms with van der Waals surface area (Å²) in [6.07, 6.45) is 1.68. The molecule has 0 unspecified atom stereocenters. The first-order valence-corrected chi connectivity index (χ1v) is 5.44. The van der Waals surface area contributed by atoms with Crippen molar-refractivity contribution in [1.29, 1.82) is 0 Å². The first-order valence-electron chi connectivity index (χ1n) is 4.65. The Hall–Kier alpha value is -1.62. The highest BCUT2D eigenvalue weighted by molar-refractivity contribution is 9.10. The normalized spacial score (nSPS) is 10.1. The van der Waals surface area contributed by atoms with Gasteiger partial charge < -0.3 is 9.73 Å². The minimum atomic E-state index is -0.290. The summed E-state index contributed by atoms with van der Waals surface area (Å²) in [5.41, 5.74) is 1.45. The van der Waals surface area contributed by atoms with Gasteiger partial charge in [-0.05, 0) is 47.1 Å². The van der Waals surface area contributed by atoms with E-state index >= 15 is 0 Å². The predicted octanol–water partition coefficient (Wildman–Crippen LogP) is 3.00. The number of halogens is 1. The van der Waals surface area contributed by atoms with Crippen molar-refractivity contribution >= 4 is 27.5 Å². The van der Waals surface area contributed by atoms with Gasteiger partial charge in [-0.3, -0.25) is 9.78 Å². The van der Waals surface area contributed by atoms with Gasteiger partial charge in [0.2, 0.25) is 0 Å². The van der Waals surface area contributed by atoms with Crippen LogP contribution in [0, 0.1) is 6.92 Å². The fraction of sp³-hybridized carbons (Fsp3) is 0.0909. The molecule has 5 heteroatoms. The summed E-state index contributed by atoms with van der Waals surface area (Å²) < 4.78 is 5.67. The molecule has 0 spiro atoms.